The molecule has 0 aromatic carbocycles. The van der Waals surface area contributed by atoms with E-state index in [1.807, 2.05) is 33.3 Å². The second-order valence-electron chi connectivity index (χ2n) is 20.1. The number of phosphoric ester groups is 1. The zero-order chi connectivity index (χ0) is 48.7. The zero-order valence-electron chi connectivity index (χ0n) is 44.2. The van der Waals surface area contributed by atoms with Crippen LogP contribution in [0.2, 0.25) is 0 Å². The third kappa shape index (κ3) is 47.3. The maximum absolute atomic E-state index is 13.4. The fraction of sp³-hybridized carbons (Fsp3) is 0.857. The molecule has 0 saturated carbocycles. The standard InChI is InChI=1S/C56H107N2O7P/c1-7-10-13-16-19-22-25-28-29-31-34-37-40-43-46-49-56(60)65-54(47-44-41-38-35-32-27-24-21-18-15-12-9-3)53(52-64-66(61,62)63-51-50-58(4,5)6)57-55(59)48-45-42-39-36-33-30-26-23-20-17-14-11-8-2/h22,25,30,33,44,47,53-54H,7-21,23-24,26-29,31-32,34-43,45-46,48-52H2,1-6H3,(H-,57,59,61,62)/p+1/b25-22-,33-30-,47-44+. The first-order valence-electron chi connectivity index (χ1n) is 27.8. The highest BCUT2D eigenvalue weighted by molar-refractivity contribution is 7.47. The lowest BCUT2D eigenvalue weighted by Crippen LogP contribution is -2.47. The number of carbonyl (C=O) groups excluding carboxylic acids is 2. The van der Waals surface area contributed by atoms with Crippen molar-refractivity contribution in [3.05, 3.63) is 36.5 Å². The quantitative estimate of drug-likeness (QED) is 0.0205. The van der Waals surface area contributed by atoms with Crippen molar-refractivity contribution in [2.75, 3.05) is 40.9 Å². The van der Waals surface area contributed by atoms with Crippen LogP contribution in [-0.2, 0) is 27.9 Å². The van der Waals surface area contributed by atoms with E-state index in [1.54, 1.807) is 0 Å². The van der Waals surface area contributed by atoms with Crippen LogP contribution in [0.25, 0.3) is 0 Å². The van der Waals surface area contributed by atoms with Gasteiger partial charge in [0.15, 0.2) is 0 Å². The van der Waals surface area contributed by atoms with E-state index in [4.69, 9.17) is 13.8 Å². The van der Waals surface area contributed by atoms with Gasteiger partial charge in [-0.1, -0.05) is 199 Å². The number of hydrogen-bond donors (Lipinski definition) is 2. The Kier molecular flexibility index (Phi) is 45.7. The predicted octanol–water partition coefficient (Wildman–Crippen LogP) is 16.4. The molecule has 9 nitrogen and oxygen atoms in total. The van der Waals surface area contributed by atoms with Gasteiger partial charge in [0.25, 0.3) is 0 Å². The molecule has 66 heavy (non-hydrogen) atoms. The minimum atomic E-state index is -4.44. The number of amides is 1. The lowest BCUT2D eigenvalue weighted by molar-refractivity contribution is -0.870. The summed E-state index contributed by atoms with van der Waals surface area (Å²) in [6.07, 6.45) is 54.2. The summed E-state index contributed by atoms with van der Waals surface area (Å²) in [5, 5.41) is 3.03. The third-order valence-corrected chi connectivity index (χ3v) is 13.3. The molecule has 0 aliphatic carbocycles. The molecule has 3 unspecified atom stereocenters. The summed E-state index contributed by atoms with van der Waals surface area (Å²) in [7, 11) is 1.49. The van der Waals surface area contributed by atoms with Gasteiger partial charge in [-0.3, -0.25) is 18.6 Å². The van der Waals surface area contributed by atoms with Gasteiger partial charge in [0, 0.05) is 12.8 Å². The number of unbranched alkanes of at least 4 members (excludes halogenated alkanes) is 30. The van der Waals surface area contributed by atoms with E-state index in [-0.39, 0.29) is 31.5 Å². The molecule has 0 saturated heterocycles. The fourth-order valence-electron chi connectivity index (χ4n) is 7.93. The molecule has 0 rings (SSSR count). The summed E-state index contributed by atoms with van der Waals surface area (Å²) in [5.74, 6) is -0.524. The van der Waals surface area contributed by atoms with E-state index in [0.29, 0.717) is 17.4 Å². The van der Waals surface area contributed by atoms with Gasteiger partial charge in [-0.25, -0.2) is 4.57 Å². The van der Waals surface area contributed by atoms with Crippen LogP contribution < -0.4 is 5.32 Å². The molecule has 0 heterocycles. The normalized spacial score (nSPS) is 14.1. The number of quaternary nitrogens is 1. The summed E-state index contributed by atoms with van der Waals surface area (Å²) in [6, 6.07) is -0.853. The van der Waals surface area contributed by atoms with Crippen molar-refractivity contribution in [3.63, 3.8) is 0 Å². The van der Waals surface area contributed by atoms with Crippen molar-refractivity contribution in [1.29, 1.82) is 0 Å². The van der Waals surface area contributed by atoms with E-state index >= 15 is 0 Å². The molecule has 2 N–H and O–H groups in total. The number of nitrogens with zero attached hydrogens (tertiary/aromatic N) is 1. The monoisotopic (exact) mass is 952 g/mol. The van der Waals surface area contributed by atoms with Gasteiger partial charge in [0.1, 0.15) is 19.3 Å². The fourth-order valence-corrected chi connectivity index (χ4v) is 8.66. The lowest BCUT2D eigenvalue weighted by Gasteiger charge is -2.27. The van der Waals surface area contributed by atoms with Crippen molar-refractivity contribution < 1.29 is 37.3 Å². The highest BCUT2D eigenvalue weighted by atomic mass is 31.2. The van der Waals surface area contributed by atoms with Gasteiger partial charge >= 0.3 is 13.8 Å². The van der Waals surface area contributed by atoms with Crippen molar-refractivity contribution in [3.8, 4) is 0 Å². The van der Waals surface area contributed by atoms with Crippen LogP contribution in [-0.4, -0.2) is 74.3 Å². The lowest BCUT2D eigenvalue weighted by atomic mass is 10.0. The molecule has 0 aliphatic heterocycles. The predicted molar refractivity (Wildman–Crippen MR) is 282 cm³/mol. The number of hydrogen-bond acceptors (Lipinski definition) is 6. The van der Waals surface area contributed by atoms with Gasteiger partial charge in [-0.15, -0.1) is 0 Å². The zero-order valence-corrected chi connectivity index (χ0v) is 45.1. The summed E-state index contributed by atoms with van der Waals surface area (Å²) in [6.45, 7) is 6.98. The third-order valence-electron chi connectivity index (χ3n) is 12.3. The largest absolute Gasteiger partial charge is 0.472 e. The molecule has 0 spiro atoms. The number of likely N-dealkylation sites (N-methyl/N-ethyl adjacent to an activating group) is 1. The maximum atomic E-state index is 13.4. The average molecular weight is 952 g/mol. The van der Waals surface area contributed by atoms with Gasteiger partial charge in [0.05, 0.1) is 33.8 Å². The molecule has 0 aromatic heterocycles. The van der Waals surface area contributed by atoms with Crippen molar-refractivity contribution in [2.45, 2.75) is 270 Å². The molecule has 0 radical (unpaired) electrons. The highest BCUT2D eigenvalue weighted by Crippen LogP contribution is 2.43. The summed E-state index contributed by atoms with van der Waals surface area (Å²) in [4.78, 5) is 37.5. The Morgan fingerprint density at radius 2 is 0.879 bits per heavy atom. The molecule has 1 amide bonds. The Morgan fingerprint density at radius 3 is 1.32 bits per heavy atom. The molecule has 0 bridgehead atoms. The number of carbonyl (C=O) groups is 2. The molecule has 10 heteroatoms. The molecular formula is C56H108N2O7P+. The van der Waals surface area contributed by atoms with Gasteiger partial charge < -0.3 is 19.4 Å². The van der Waals surface area contributed by atoms with E-state index in [1.165, 1.54) is 148 Å². The number of phosphoric acid groups is 1. The number of allylic oxidation sites excluding steroid dienone is 5. The molecule has 0 aliphatic rings. The first kappa shape index (κ1) is 64.2. The van der Waals surface area contributed by atoms with Gasteiger partial charge in [0.2, 0.25) is 5.91 Å². The molecule has 0 fully saturated rings. The summed E-state index contributed by atoms with van der Waals surface area (Å²) in [5.41, 5.74) is 0. The number of ether oxygens (including phenoxy) is 1. The van der Waals surface area contributed by atoms with E-state index in [2.05, 4.69) is 50.4 Å². The van der Waals surface area contributed by atoms with Gasteiger partial charge in [-0.2, -0.15) is 0 Å². The number of rotatable bonds is 50. The smallest absolute Gasteiger partial charge is 0.456 e. The van der Waals surface area contributed by atoms with Crippen LogP contribution in [0.3, 0.4) is 0 Å². The minimum Gasteiger partial charge on any atom is -0.456 e. The Labute approximate surface area is 408 Å². The Hall–Kier alpha value is -1.77. The minimum absolute atomic E-state index is 0.0380. The van der Waals surface area contributed by atoms with Crippen molar-refractivity contribution in [1.82, 2.24) is 5.32 Å². The van der Waals surface area contributed by atoms with Gasteiger partial charge in [-0.05, 0) is 83.1 Å². The van der Waals surface area contributed by atoms with E-state index in [9.17, 15) is 19.0 Å². The second-order valence-corrected chi connectivity index (χ2v) is 21.6. The van der Waals surface area contributed by atoms with Crippen molar-refractivity contribution >= 4 is 19.7 Å². The first-order chi connectivity index (χ1) is 31.9. The molecule has 3 atom stereocenters. The van der Waals surface area contributed by atoms with E-state index in [0.717, 1.165) is 77.0 Å². The topological polar surface area (TPSA) is 111 Å². The number of nitrogens with one attached hydrogen (secondary N) is 1. The number of esters is 1. The van der Waals surface area contributed by atoms with Crippen LogP contribution >= 0.6 is 7.82 Å². The van der Waals surface area contributed by atoms with Crippen LogP contribution in [0, 0.1) is 0 Å². The summed E-state index contributed by atoms with van der Waals surface area (Å²) >= 11 is 0. The van der Waals surface area contributed by atoms with E-state index < -0.39 is 20.0 Å². The second kappa shape index (κ2) is 46.9. The Bertz CT molecular complexity index is 1230. The Morgan fingerprint density at radius 1 is 0.515 bits per heavy atom. The first-order valence-corrected chi connectivity index (χ1v) is 29.3. The SMILES string of the molecule is CCCCCC/C=C\CCCCCCCCCC(=O)OC(/C=C/CCCCCCCCCCCC)C(COP(=O)(O)OCC[N+](C)(C)C)NC(=O)CCCCC/C=C\CCCCCCCC. The average Bonchev–Trinajstić information content (AvgIpc) is 3.27. The van der Waals surface area contributed by atoms with Crippen LogP contribution in [0.1, 0.15) is 258 Å². The summed E-state index contributed by atoms with van der Waals surface area (Å²) < 4.78 is 30.5. The van der Waals surface area contributed by atoms with Crippen LogP contribution in [0.15, 0.2) is 36.5 Å². The maximum Gasteiger partial charge on any atom is 0.472 e. The molecule has 388 valence electrons. The molecular weight excluding hydrogens is 844 g/mol. The van der Waals surface area contributed by atoms with Crippen LogP contribution in [0.5, 0.6) is 0 Å². The van der Waals surface area contributed by atoms with Crippen LogP contribution in [0.4, 0.5) is 0 Å². The highest BCUT2D eigenvalue weighted by Gasteiger charge is 2.30. The Balaban J connectivity index is 5.40. The molecule has 0 aromatic rings. The van der Waals surface area contributed by atoms with Crippen molar-refractivity contribution in [2.24, 2.45) is 0 Å².